The van der Waals surface area contributed by atoms with Crippen molar-refractivity contribution in [2.75, 3.05) is 5.75 Å². The van der Waals surface area contributed by atoms with Gasteiger partial charge in [0.05, 0.1) is 10.6 Å². The molecule has 5 nitrogen and oxygen atoms in total. The zero-order valence-corrected chi connectivity index (χ0v) is 15.8. The summed E-state index contributed by atoms with van der Waals surface area (Å²) < 4.78 is 52.9. The number of fused-ring (bicyclic) bond motifs is 2. The molecule has 2 aromatic carbocycles. The SMILES string of the molecule is CC(=O)N1N=C(c2cc(F)ccc2F)SC12CCS(=O)(=O)c1ccccc12. The largest absolute Gasteiger partial charge is 0.273 e. The molecule has 140 valence electrons. The standard InChI is InChI=1S/C18H14F2N2O3S2/c1-11(23)22-18(8-9-27(24,25)16-5-3-2-4-14(16)18)26-17(21-22)13-10-12(19)6-7-15(13)20/h2-7,10H,8-9H2,1H3. The number of thioether (sulfide) groups is 1. The van der Waals surface area contributed by atoms with Gasteiger partial charge in [-0.05, 0) is 24.3 Å². The molecule has 1 amide bonds. The molecule has 0 fully saturated rings. The average molecular weight is 408 g/mol. The van der Waals surface area contributed by atoms with Gasteiger partial charge < -0.3 is 0 Å². The normalized spacial score (nSPS) is 23.2. The quantitative estimate of drug-likeness (QED) is 0.727. The monoisotopic (exact) mass is 408 g/mol. The number of carbonyl (C=O) groups excluding carboxylic acids is 1. The van der Waals surface area contributed by atoms with E-state index in [1.807, 2.05) is 0 Å². The van der Waals surface area contributed by atoms with Crippen LogP contribution in [0.3, 0.4) is 0 Å². The molecule has 1 unspecified atom stereocenters. The van der Waals surface area contributed by atoms with Crippen molar-refractivity contribution in [2.45, 2.75) is 23.1 Å². The molecule has 1 spiro atoms. The van der Waals surface area contributed by atoms with Gasteiger partial charge in [0.2, 0.25) is 5.91 Å². The van der Waals surface area contributed by atoms with Crippen molar-refractivity contribution in [3.05, 3.63) is 65.2 Å². The molecule has 1 atom stereocenters. The predicted octanol–water partition coefficient (Wildman–Crippen LogP) is 3.25. The Morgan fingerprint density at radius 3 is 2.70 bits per heavy atom. The molecular formula is C18H14F2N2O3S2. The third-order valence-corrected chi connectivity index (χ3v) is 7.81. The Hall–Kier alpha value is -2.26. The van der Waals surface area contributed by atoms with E-state index in [0.29, 0.717) is 5.56 Å². The minimum atomic E-state index is -3.49. The molecule has 0 aromatic heterocycles. The van der Waals surface area contributed by atoms with Crippen molar-refractivity contribution < 1.29 is 22.0 Å². The Labute approximate surface area is 159 Å². The lowest BCUT2D eigenvalue weighted by molar-refractivity contribution is -0.132. The third-order valence-electron chi connectivity index (χ3n) is 4.61. The number of halogens is 2. The van der Waals surface area contributed by atoms with E-state index in [1.54, 1.807) is 18.2 Å². The maximum Gasteiger partial charge on any atom is 0.241 e. The van der Waals surface area contributed by atoms with Gasteiger partial charge in [0.1, 0.15) is 21.5 Å². The van der Waals surface area contributed by atoms with E-state index < -0.39 is 32.2 Å². The molecule has 9 heteroatoms. The molecule has 4 rings (SSSR count). The molecule has 0 radical (unpaired) electrons. The van der Waals surface area contributed by atoms with E-state index in [9.17, 15) is 22.0 Å². The Kier molecular flexibility index (Phi) is 4.12. The van der Waals surface area contributed by atoms with E-state index in [2.05, 4.69) is 5.10 Å². The van der Waals surface area contributed by atoms with E-state index >= 15 is 0 Å². The Morgan fingerprint density at radius 1 is 1.22 bits per heavy atom. The Balaban J connectivity index is 1.90. The first-order valence-corrected chi connectivity index (χ1v) is 10.6. The summed E-state index contributed by atoms with van der Waals surface area (Å²) in [4.78, 5) is 11.3. The molecular weight excluding hydrogens is 394 g/mol. The molecule has 2 aliphatic heterocycles. The molecule has 0 bridgehead atoms. The highest BCUT2D eigenvalue weighted by molar-refractivity contribution is 8.15. The molecule has 0 saturated carbocycles. The highest BCUT2D eigenvalue weighted by atomic mass is 32.2. The zero-order chi connectivity index (χ0) is 19.4. The second kappa shape index (κ2) is 6.13. The van der Waals surface area contributed by atoms with Gasteiger partial charge in [-0.2, -0.15) is 5.10 Å². The van der Waals surface area contributed by atoms with Gasteiger partial charge in [-0.15, -0.1) is 0 Å². The van der Waals surface area contributed by atoms with Crippen LogP contribution in [0.2, 0.25) is 0 Å². The summed E-state index contributed by atoms with van der Waals surface area (Å²) in [7, 11) is -3.49. The topological polar surface area (TPSA) is 66.8 Å². The van der Waals surface area contributed by atoms with Gasteiger partial charge in [0.25, 0.3) is 0 Å². The van der Waals surface area contributed by atoms with Crippen LogP contribution >= 0.6 is 11.8 Å². The van der Waals surface area contributed by atoms with Crippen molar-refractivity contribution in [1.82, 2.24) is 5.01 Å². The van der Waals surface area contributed by atoms with E-state index in [1.165, 1.54) is 18.0 Å². The number of amides is 1. The maximum absolute atomic E-state index is 14.3. The number of hydrogen-bond acceptors (Lipinski definition) is 5. The first kappa shape index (κ1) is 18.1. The molecule has 2 heterocycles. The fraction of sp³-hybridized carbons (Fsp3) is 0.222. The molecule has 2 aromatic rings. The van der Waals surface area contributed by atoms with Crippen LogP contribution in [0.5, 0.6) is 0 Å². The van der Waals surface area contributed by atoms with Crippen molar-refractivity contribution in [3.8, 4) is 0 Å². The molecule has 27 heavy (non-hydrogen) atoms. The first-order valence-electron chi connectivity index (χ1n) is 8.11. The Morgan fingerprint density at radius 2 is 1.96 bits per heavy atom. The van der Waals surface area contributed by atoms with Gasteiger partial charge in [-0.3, -0.25) is 4.79 Å². The van der Waals surface area contributed by atoms with Gasteiger partial charge >= 0.3 is 0 Å². The minimum Gasteiger partial charge on any atom is -0.273 e. The van der Waals surface area contributed by atoms with Crippen LogP contribution in [0.1, 0.15) is 24.5 Å². The highest BCUT2D eigenvalue weighted by Crippen LogP contribution is 2.54. The van der Waals surface area contributed by atoms with E-state index in [4.69, 9.17) is 0 Å². The minimum absolute atomic E-state index is 0.0611. The van der Waals surface area contributed by atoms with Crippen molar-refractivity contribution in [2.24, 2.45) is 5.10 Å². The number of hydrazone groups is 1. The van der Waals surface area contributed by atoms with Crippen molar-refractivity contribution in [3.63, 3.8) is 0 Å². The summed E-state index contributed by atoms with van der Waals surface area (Å²) in [6.45, 7) is 1.31. The molecule has 0 N–H and O–H groups in total. The summed E-state index contributed by atoms with van der Waals surface area (Å²) in [5.41, 5.74) is 0.362. The lowest BCUT2D eigenvalue weighted by Gasteiger charge is -2.39. The molecule has 0 aliphatic carbocycles. The second-order valence-electron chi connectivity index (χ2n) is 6.31. The average Bonchev–Trinajstić information content (AvgIpc) is 3.02. The number of rotatable bonds is 1. The van der Waals surface area contributed by atoms with Crippen LogP contribution in [0, 0.1) is 11.6 Å². The summed E-state index contributed by atoms with van der Waals surface area (Å²) in [6.07, 6.45) is 0.0977. The summed E-state index contributed by atoms with van der Waals surface area (Å²) in [5, 5.41) is 5.57. The number of sulfone groups is 1. The summed E-state index contributed by atoms with van der Waals surface area (Å²) in [6, 6.07) is 9.43. The van der Waals surface area contributed by atoms with Crippen molar-refractivity contribution >= 4 is 32.6 Å². The summed E-state index contributed by atoms with van der Waals surface area (Å²) >= 11 is 1.07. The smallest absolute Gasteiger partial charge is 0.241 e. The van der Waals surface area contributed by atoms with Crippen LogP contribution in [-0.2, 0) is 19.5 Å². The summed E-state index contributed by atoms with van der Waals surface area (Å²) in [5.74, 6) is -1.88. The fourth-order valence-corrected chi connectivity index (χ4v) is 6.69. The van der Waals surface area contributed by atoms with Gasteiger partial charge in [-0.1, -0.05) is 30.0 Å². The second-order valence-corrected chi connectivity index (χ2v) is 9.66. The Bertz CT molecular complexity index is 1100. The van der Waals surface area contributed by atoms with Crippen LogP contribution in [0.15, 0.2) is 52.5 Å². The number of nitrogens with zero attached hydrogens (tertiary/aromatic N) is 2. The van der Waals surface area contributed by atoms with Gasteiger partial charge in [0, 0.05) is 24.5 Å². The molecule has 0 saturated heterocycles. The van der Waals surface area contributed by atoms with Crippen LogP contribution in [0.25, 0.3) is 0 Å². The van der Waals surface area contributed by atoms with Crippen LogP contribution in [0.4, 0.5) is 8.78 Å². The first-order chi connectivity index (χ1) is 12.7. The van der Waals surface area contributed by atoms with E-state index in [0.717, 1.165) is 30.0 Å². The fourth-order valence-electron chi connectivity index (χ4n) is 3.39. The van der Waals surface area contributed by atoms with E-state index in [-0.39, 0.29) is 27.7 Å². The van der Waals surface area contributed by atoms with Crippen LogP contribution in [-0.4, -0.2) is 30.1 Å². The number of carbonyl (C=O) groups is 1. The lowest BCUT2D eigenvalue weighted by atomic mass is 10.0. The maximum atomic E-state index is 14.3. The molecule has 2 aliphatic rings. The van der Waals surface area contributed by atoms with Gasteiger partial charge in [0.15, 0.2) is 9.84 Å². The number of hydrogen-bond donors (Lipinski definition) is 0. The zero-order valence-electron chi connectivity index (χ0n) is 14.1. The lowest BCUT2D eigenvalue weighted by Crippen LogP contribution is -2.45. The third kappa shape index (κ3) is 2.76. The number of benzene rings is 2. The highest BCUT2D eigenvalue weighted by Gasteiger charge is 2.53. The van der Waals surface area contributed by atoms with Crippen LogP contribution < -0.4 is 0 Å². The van der Waals surface area contributed by atoms with Gasteiger partial charge in [-0.25, -0.2) is 22.2 Å². The predicted molar refractivity (Wildman–Crippen MR) is 97.8 cm³/mol. The van der Waals surface area contributed by atoms with Crippen molar-refractivity contribution in [1.29, 1.82) is 0 Å².